The topological polar surface area (TPSA) is 129 Å². The second-order valence-corrected chi connectivity index (χ2v) is 11.2. The molecule has 0 fully saturated rings. The third-order valence-corrected chi connectivity index (χ3v) is 7.99. The first kappa shape index (κ1) is 30.7. The summed E-state index contributed by atoms with van der Waals surface area (Å²) in [6, 6.07) is 14.9. The van der Waals surface area contributed by atoms with Gasteiger partial charge in [0.1, 0.15) is 29.1 Å². The number of halogens is 1. The molecular weight excluding hydrogens is 639 g/mol. The Hall–Kier alpha value is -3.22. The number of amides is 2. The average molecular weight is 675 g/mol. The van der Waals surface area contributed by atoms with E-state index in [1.54, 1.807) is 36.4 Å². The zero-order chi connectivity index (χ0) is 29.4. The molecule has 1 aliphatic rings. The maximum Gasteiger partial charge on any atom is 0.349 e. The minimum absolute atomic E-state index is 0.0442. The molecule has 10 heteroatoms. The maximum atomic E-state index is 14.0. The molecule has 0 unspecified atom stereocenters. The van der Waals surface area contributed by atoms with Crippen molar-refractivity contribution in [1.29, 1.82) is 0 Å². The Bertz CT molecular complexity index is 1450. The Labute approximate surface area is 252 Å². The number of nitrogens with zero attached hydrogens (tertiary/aromatic N) is 1. The number of benzene rings is 2. The molecule has 4 rings (SSSR count). The molecule has 0 aliphatic heterocycles. The predicted molar refractivity (Wildman–Crippen MR) is 164 cm³/mol. The van der Waals surface area contributed by atoms with Crippen LogP contribution in [0, 0.1) is 3.57 Å². The third-order valence-electron chi connectivity index (χ3n) is 7.10. The summed E-state index contributed by atoms with van der Waals surface area (Å²) in [5.41, 5.74) is -0.206. The molecule has 0 radical (unpaired) electrons. The van der Waals surface area contributed by atoms with Gasteiger partial charge in [0, 0.05) is 30.5 Å². The van der Waals surface area contributed by atoms with E-state index in [4.69, 9.17) is 9.15 Å². The number of fused-ring (bicyclic) bond motifs is 1. The van der Waals surface area contributed by atoms with Gasteiger partial charge in [0.25, 0.3) is 5.91 Å². The Morgan fingerprint density at radius 3 is 2.63 bits per heavy atom. The molecule has 41 heavy (non-hydrogen) atoms. The lowest BCUT2D eigenvalue weighted by Gasteiger charge is -2.40. The molecule has 2 aromatic carbocycles. The van der Waals surface area contributed by atoms with Crippen LogP contribution in [0.1, 0.15) is 49.4 Å². The fourth-order valence-electron chi connectivity index (χ4n) is 4.96. The van der Waals surface area contributed by atoms with Crippen molar-refractivity contribution in [3.63, 3.8) is 0 Å². The highest BCUT2D eigenvalue weighted by Crippen LogP contribution is 2.30. The molecule has 9 nitrogen and oxygen atoms in total. The summed E-state index contributed by atoms with van der Waals surface area (Å²) >= 11 is 2.13. The van der Waals surface area contributed by atoms with Crippen molar-refractivity contribution in [3.05, 3.63) is 85.8 Å². The number of aliphatic hydroxyl groups is 2. The molecule has 3 aromatic rings. The Morgan fingerprint density at radius 1 is 1.12 bits per heavy atom. The van der Waals surface area contributed by atoms with Crippen LogP contribution < -0.4 is 15.7 Å². The highest BCUT2D eigenvalue weighted by molar-refractivity contribution is 14.1. The van der Waals surface area contributed by atoms with Crippen LogP contribution in [0.25, 0.3) is 11.0 Å². The highest BCUT2D eigenvalue weighted by atomic mass is 127. The number of unbranched alkanes of at least 4 members (excludes halogenated alkanes) is 3. The summed E-state index contributed by atoms with van der Waals surface area (Å²) in [4.78, 5) is 41.5. The molecule has 1 aromatic heterocycles. The van der Waals surface area contributed by atoms with E-state index in [1.165, 1.54) is 11.0 Å². The normalized spacial score (nSPS) is 18.5. The first-order valence-electron chi connectivity index (χ1n) is 13.9. The Balaban J connectivity index is 1.72. The van der Waals surface area contributed by atoms with E-state index in [0.717, 1.165) is 22.8 Å². The van der Waals surface area contributed by atoms with Crippen LogP contribution in [0.2, 0.25) is 0 Å². The van der Waals surface area contributed by atoms with Gasteiger partial charge in [-0.3, -0.25) is 9.59 Å². The van der Waals surface area contributed by atoms with Crippen LogP contribution in [0.3, 0.4) is 0 Å². The lowest BCUT2D eigenvalue weighted by Crippen LogP contribution is -2.55. The molecular formula is C31H35IN2O7. The van der Waals surface area contributed by atoms with Gasteiger partial charge in [-0.1, -0.05) is 56.5 Å². The van der Waals surface area contributed by atoms with Gasteiger partial charge in [0.05, 0.1) is 16.2 Å². The van der Waals surface area contributed by atoms with Crippen molar-refractivity contribution >= 4 is 45.4 Å². The van der Waals surface area contributed by atoms with E-state index >= 15 is 0 Å². The lowest BCUT2D eigenvalue weighted by atomic mass is 9.87. The standard InChI is InChI=1S/C31H35IN2O7/c1-2-3-4-9-15-34(30(38)22-17-20-10-5-7-12-25(20)41-31(22)39)24-18-21(29(37)33-14-16-35)19-27(28(24)36)40-26-13-8-6-11-23(26)32/h5-8,10-13,17,19,24,27-28,35-36H,2-4,9,14-16,18H2,1H3,(H,33,37)/t24-,27+,28+/m1/s1. The van der Waals surface area contributed by atoms with Crippen molar-refractivity contribution in [2.75, 3.05) is 19.7 Å². The molecule has 1 aliphatic carbocycles. The van der Waals surface area contributed by atoms with E-state index in [-0.39, 0.29) is 31.7 Å². The number of para-hydroxylation sites is 2. The van der Waals surface area contributed by atoms with Crippen LogP contribution in [0.5, 0.6) is 5.75 Å². The molecule has 218 valence electrons. The van der Waals surface area contributed by atoms with Gasteiger partial charge < -0.3 is 29.6 Å². The number of hydrogen-bond acceptors (Lipinski definition) is 7. The number of ether oxygens (including phenoxy) is 1. The van der Waals surface area contributed by atoms with Gasteiger partial charge >= 0.3 is 5.63 Å². The Morgan fingerprint density at radius 2 is 1.88 bits per heavy atom. The fraction of sp³-hybridized carbons (Fsp3) is 0.387. The quantitative estimate of drug-likeness (QED) is 0.150. The summed E-state index contributed by atoms with van der Waals surface area (Å²) in [5, 5.41) is 24.1. The minimum atomic E-state index is -1.19. The number of carbonyl (C=O) groups is 2. The van der Waals surface area contributed by atoms with Gasteiger partial charge in [0.2, 0.25) is 5.91 Å². The summed E-state index contributed by atoms with van der Waals surface area (Å²) in [6.45, 7) is 2.19. The average Bonchev–Trinajstić information content (AvgIpc) is 2.97. The summed E-state index contributed by atoms with van der Waals surface area (Å²) in [6.07, 6.45) is 2.96. The monoisotopic (exact) mass is 674 g/mol. The molecule has 0 bridgehead atoms. The number of rotatable bonds is 12. The molecule has 2 amide bonds. The van der Waals surface area contributed by atoms with Crippen LogP contribution in [-0.2, 0) is 4.79 Å². The van der Waals surface area contributed by atoms with Crippen molar-refractivity contribution in [2.45, 2.75) is 57.3 Å². The third kappa shape index (κ3) is 7.55. The van der Waals surface area contributed by atoms with Crippen molar-refractivity contribution in [1.82, 2.24) is 10.2 Å². The fourth-order valence-corrected chi connectivity index (χ4v) is 5.47. The van der Waals surface area contributed by atoms with Gasteiger partial charge in [0.15, 0.2) is 0 Å². The second kappa shape index (κ2) is 14.6. The molecule has 1 heterocycles. The summed E-state index contributed by atoms with van der Waals surface area (Å²) in [7, 11) is 0. The Kier molecular flexibility index (Phi) is 10.9. The van der Waals surface area contributed by atoms with E-state index < -0.39 is 35.7 Å². The van der Waals surface area contributed by atoms with E-state index in [0.29, 0.717) is 28.7 Å². The van der Waals surface area contributed by atoms with Gasteiger partial charge in [-0.05, 0) is 59.4 Å². The van der Waals surface area contributed by atoms with Crippen LogP contribution in [0.4, 0.5) is 0 Å². The predicted octanol–water partition coefficient (Wildman–Crippen LogP) is 4.04. The van der Waals surface area contributed by atoms with Crippen LogP contribution in [0.15, 0.2) is 75.5 Å². The molecule has 0 saturated carbocycles. The summed E-state index contributed by atoms with van der Waals surface area (Å²) in [5.74, 6) is -0.466. The number of carbonyl (C=O) groups excluding carboxylic acids is 2. The molecule has 0 saturated heterocycles. The SMILES string of the molecule is CCCCCCN(C(=O)c1cc2ccccc2oc1=O)[C@@H]1CC(C(=O)NCCO)=C[C@H](Oc2ccccc2I)[C@H]1O. The summed E-state index contributed by atoms with van der Waals surface area (Å²) < 4.78 is 12.5. The van der Waals surface area contributed by atoms with Crippen molar-refractivity contribution < 1.29 is 29.0 Å². The second-order valence-electron chi connectivity index (χ2n) is 9.99. The van der Waals surface area contributed by atoms with Crippen molar-refractivity contribution in [2.24, 2.45) is 0 Å². The zero-order valence-corrected chi connectivity index (χ0v) is 25.1. The molecule has 3 N–H and O–H groups in total. The highest BCUT2D eigenvalue weighted by Gasteiger charge is 2.41. The minimum Gasteiger partial charge on any atom is -0.482 e. The maximum absolute atomic E-state index is 14.0. The van der Waals surface area contributed by atoms with Gasteiger partial charge in [-0.2, -0.15) is 0 Å². The smallest absolute Gasteiger partial charge is 0.349 e. The van der Waals surface area contributed by atoms with E-state index in [2.05, 4.69) is 34.8 Å². The van der Waals surface area contributed by atoms with Gasteiger partial charge in [-0.25, -0.2) is 4.79 Å². The number of aliphatic hydroxyl groups excluding tert-OH is 2. The lowest BCUT2D eigenvalue weighted by molar-refractivity contribution is -0.118. The first-order valence-corrected chi connectivity index (χ1v) is 14.9. The van der Waals surface area contributed by atoms with Crippen LogP contribution in [-0.4, -0.2) is 64.9 Å². The van der Waals surface area contributed by atoms with Gasteiger partial charge in [-0.15, -0.1) is 0 Å². The zero-order valence-electron chi connectivity index (χ0n) is 22.9. The molecule has 3 atom stereocenters. The first-order chi connectivity index (χ1) is 19.8. The van der Waals surface area contributed by atoms with Crippen LogP contribution >= 0.6 is 22.6 Å². The largest absolute Gasteiger partial charge is 0.482 e. The number of hydrogen-bond donors (Lipinski definition) is 3. The van der Waals surface area contributed by atoms with E-state index in [9.17, 15) is 24.6 Å². The number of nitrogens with one attached hydrogen (secondary N) is 1. The molecule has 0 spiro atoms. The van der Waals surface area contributed by atoms with Crippen molar-refractivity contribution in [3.8, 4) is 5.75 Å². The van der Waals surface area contributed by atoms with E-state index in [1.807, 2.05) is 18.2 Å².